The van der Waals surface area contributed by atoms with Gasteiger partial charge in [0.05, 0.1) is 6.10 Å². The van der Waals surface area contributed by atoms with Crippen molar-refractivity contribution in [1.29, 1.82) is 0 Å². The van der Waals surface area contributed by atoms with E-state index in [1.54, 1.807) is 7.11 Å². The molecular formula is C16H18ClNO. The Hall–Kier alpha value is -1.35. The lowest BCUT2D eigenvalue weighted by Gasteiger charge is -2.23. The minimum absolute atomic E-state index is 0.106. The van der Waals surface area contributed by atoms with Crippen LogP contribution in [0.1, 0.15) is 17.2 Å². The van der Waals surface area contributed by atoms with E-state index in [2.05, 4.69) is 0 Å². The van der Waals surface area contributed by atoms with Crippen LogP contribution in [0.4, 0.5) is 0 Å². The molecule has 2 nitrogen and oxygen atoms in total. The van der Waals surface area contributed by atoms with Crippen LogP contribution in [0.25, 0.3) is 0 Å². The van der Waals surface area contributed by atoms with Crippen LogP contribution in [0.15, 0.2) is 54.6 Å². The standard InChI is InChI=1S/C16H18ClNO/c1-19-16(13-7-3-2-4-8-13)15(18)11-12-6-5-9-14(17)10-12/h2-10,15-16H,11,18H2,1H3. The minimum Gasteiger partial charge on any atom is -0.375 e. The van der Waals surface area contributed by atoms with Crippen molar-refractivity contribution >= 4 is 11.6 Å². The fourth-order valence-electron chi connectivity index (χ4n) is 2.24. The van der Waals surface area contributed by atoms with E-state index in [1.165, 1.54) is 0 Å². The normalized spacial score (nSPS) is 14.1. The number of benzene rings is 2. The van der Waals surface area contributed by atoms with Crippen molar-refractivity contribution in [2.24, 2.45) is 5.73 Å². The maximum Gasteiger partial charge on any atom is 0.0975 e. The zero-order valence-electron chi connectivity index (χ0n) is 10.9. The van der Waals surface area contributed by atoms with Crippen molar-refractivity contribution in [3.8, 4) is 0 Å². The first kappa shape index (κ1) is 14.1. The fraction of sp³-hybridized carbons (Fsp3) is 0.250. The Labute approximate surface area is 119 Å². The summed E-state index contributed by atoms with van der Waals surface area (Å²) in [5.74, 6) is 0. The fourth-order valence-corrected chi connectivity index (χ4v) is 2.46. The molecule has 0 aromatic heterocycles. The smallest absolute Gasteiger partial charge is 0.0975 e. The lowest BCUT2D eigenvalue weighted by atomic mass is 9.97. The third kappa shape index (κ3) is 3.80. The van der Waals surface area contributed by atoms with Gasteiger partial charge in [-0.25, -0.2) is 0 Å². The van der Waals surface area contributed by atoms with Crippen molar-refractivity contribution in [3.05, 3.63) is 70.7 Å². The number of rotatable bonds is 5. The van der Waals surface area contributed by atoms with Gasteiger partial charge in [-0.15, -0.1) is 0 Å². The van der Waals surface area contributed by atoms with E-state index in [9.17, 15) is 0 Å². The molecule has 2 atom stereocenters. The van der Waals surface area contributed by atoms with Gasteiger partial charge in [0.1, 0.15) is 0 Å². The number of hydrogen-bond acceptors (Lipinski definition) is 2. The highest BCUT2D eigenvalue weighted by molar-refractivity contribution is 6.30. The Morgan fingerprint density at radius 1 is 1.11 bits per heavy atom. The molecule has 0 aliphatic carbocycles. The topological polar surface area (TPSA) is 35.2 Å². The number of halogens is 1. The van der Waals surface area contributed by atoms with Gasteiger partial charge < -0.3 is 10.5 Å². The molecule has 2 aromatic rings. The van der Waals surface area contributed by atoms with Crippen molar-refractivity contribution in [2.75, 3.05) is 7.11 Å². The Bertz CT molecular complexity index is 515. The molecular weight excluding hydrogens is 258 g/mol. The van der Waals surface area contributed by atoms with E-state index in [1.807, 2.05) is 54.6 Å². The second-order valence-electron chi connectivity index (χ2n) is 4.56. The SMILES string of the molecule is COC(c1ccccc1)C(N)Cc1cccc(Cl)c1. The molecule has 2 unspecified atom stereocenters. The van der Waals surface area contributed by atoms with Gasteiger partial charge >= 0.3 is 0 Å². The summed E-state index contributed by atoms with van der Waals surface area (Å²) in [4.78, 5) is 0. The molecule has 0 heterocycles. The Balaban J connectivity index is 2.11. The molecule has 0 bridgehead atoms. The van der Waals surface area contributed by atoms with Gasteiger partial charge in [0, 0.05) is 18.2 Å². The average molecular weight is 276 g/mol. The first-order valence-electron chi connectivity index (χ1n) is 6.28. The zero-order valence-corrected chi connectivity index (χ0v) is 11.7. The molecule has 0 aliphatic rings. The maximum atomic E-state index is 6.27. The third-order valence-electron chi connectivity index (χ3n) is 3.13. The van der Waals surface area contributed by atoms with Gasteiger partial charge in [0.15, 0.2) is 0 Å². The van der Waals surface area contributed by atoms with Crippen LogP contribution in [-0.2, 0) is 11.2 Å². The van der Waals surface area contributed by atoms with E-state index < -0.39 is 0 Å². The highest BCUT2D eigenvalue weighted by Gasteiger charge is 2.19. The van der Waals surface area contributed by atoms with Crippen molar-refractivity contribution in [1.82, 2.24) is 0 Å². The molecule has 3 heteroatoms. The first-order valence-corrected chi connectivity index (χ1v) is 6.66. The molecule has 0 fully saturated rings. The lowest BCUT2D eigenvalue weighted by Crippen LogP contribution is -2.31. The zero-order chi connectivity index (χ0) is 13.7. The molecule has 0 saturated carbocycles. The molecule has 0 amide bonds. The predicted molar refractivity (Wildman–Crippen MR) is 79.3 cm³/mol. The molecule has 0 radical (unpaired) electrons. The first-order chi connectivity index (χ1) is 9.20. The summed E-state index contributed by atoms with van der Waals surface area (Å²) in [6.07, 6.45) is 0.619. The van der Waals surface area contributed by atoms with Gasteiger partial charge in [-0.3, -0.25) is 0 Å². The molecule has 0 spiro atoms. The molecule has 19 heavy (non-hydrogen) atoms. The third-order valence-corrected chi connectivity index (χ3v) is 3.37. The largest absolute Gasteiger partial charge is 0.375 e. The van der Waals surface area contributed by atoms with E-state index in [-0.39, 0.29) is 12.1 Å². The molecule has 2 rings (SSSR count). The highest BCUT2D eigenvalue weighted by atomic mass is 35.5. The van der Waals surface area contributed by atoms with Crippen molar-refractivity contribution < 1.29 is 4.74 Å². The molecule has 0 aliphatic heterocycles. The van der Waals surface area contributed by atoms with Gasteiger partial charge in [0.25, 0.3) is 0 Å². The summed E-state index contributed by atoms with van der Waals surface area (Å²) < 4.78 is 5.54. The van der Waals surface area contributed by atoms with Crippen LogP contribution in [0.3, 0.4) is 0 Å². The maximum absolute atomic E-state index is 6.27. The minimum atomic E-state index is -0.111. The second-order valence-corrected chi connectivity index (χ2v) is 5.00. The van der Waals surface area contributed by atoms with Crippen molar-refractivity contribution in [3.63, 3.8) is 0 Å². The Kier molecular flexibility index (Phi) is 4.97. The summed E-state index contributed by atoms with van der Waals surface area (Å²) >= 11 is 5.99. The van der Waals surface area contributed by atoms with Crippen LogP contribution in [0.2, 0.25) is 5.02 Å². The summed E-state index contributed by atoms with van der Waals surface area (Å²) in [7, 11) is 1.69. The predicted octanol–water partition coefficient (Wildman–Crippen LogP) is 3.60. The number of ether oxygens (including phenoxy) is 1. The van der Waals surface area contributed by atoms with Crippen LogP contribution in [0.5, 0.6) is 0 Å². The summed E-state index contributed by atoms with van der Waals surface area (Å²) in [5, 5.41) is 0.735. The lowest BCUT2D eigenvalue weighted by molar-refractivity contribution is 0.0803. The number of hydrogen-bond donors (Lipinski definition) is 1. The summed E-state index contributed by atoms with van der Waals surface area (Å²) in [5.41, 5.74) is 8.49. The van der Waals surface area contributed by atoms with Crippen LogP contribution >= 0.6 is 11.6 Å². The monoisotopic (exact) mass is 275 g/mol. The van der Waals surface area contributed by atoms with Crippen LogP contribution in [0, 0.1) is 0 Å². The van der Waals surface area contributed by atoms with Gasteiger partial charge in [-0.2, -0.15) is 0 Å². The summed E-state index contributed by atoms with van der Waals surface area (Å²) in [6, 6.07) is 17.7. The van der Waals surface area contributed by atoms with Crippen LogP contribution in [-0.4, -0.2) is 13.2 Å². The summed E-state index contributed by atoms with van der Waals surface area (Å²) in [6.45, 7) is 0. The molecule has 0 saturated heterocycles. The van der Waals surface area contributed by atoms with E-state index >= 15 is 0 Å². The van der Waals surface area contributed by atoms with Crippen LogP contribution < -0.4 is 5.73 Å². The van der Waals surface area contributed by atoms with Gasteiger partial charge in [0.2, 0.25) is 0 Å². The van der Waals surface area contributed by atoms with E-state index in [4.69, 9.17) is 22.1 Å². The average Bonchev–Trinajstić information content (AvgIpc) is 2.41. The highest BCUT2D eigenvalue weighted by Crippen LogP contribution is 2.22. The molecule has 2 N–H and O–H groups in total. The Morgan fingerprint density at radius 3 is 2.47 bits per heavy atom. The second kappa shape index (κ2) is 6.71. The molecule has 2 aromatic carbocycles. The van der Waals surface area contributed by atoms with Gasteiger partial charge in [-0.05, 0) is 29.7 Å². The van der Waals surface area contributed by atoms with E-state index in [0.29, 0.717) is 0 Å². The van der Waals surface area contributed by atoms with Crippen molar-refractivity contribution in [2.45, 2.75) is 18.6 Å². The van der Waals surface area contributed by atoms with Gasteiger partial charge in [-0.1, -0.05) is 54.1 Å². The number of methoxy groups -OCH3 is 1. The van der Waals surface area contributed by atoms with E-state index in [0.717, 1.165) is 22.6 Å². The Morgan fingerprint density at radius 2 is 1.84 bits per heavy atom. The quantitative estimate of drug-likeness (QED) is 0.905. The molecule has 100 valence electrons. The number of nitrogens with two attached hydrogens (primary N) is 1.